The molecule has 0 spiro atoms. The number of carbonyl (C=O) groups excluding carboxylic acids is 1. The maximum Gasteiger partial charge on any atom is 0.242 e. The van der Waals surface area contributed by atoms with Crippen molar-refractivity contribution in [2.24, 2.45) is 0 Å². The van der Waals surface area contributed by atoms with Crippen LogP contribution in [0.4, 0.5) is 11.6 Å². The Bertz CT molecular complexity index is 1380. The molecule has 0 saturated carbocycles. The van der Waals surface area contributed by atoms with E-state index in [1.165, 1.54) is 0 Å². The van der Waals surface area contributed by atoms with Gasteiger partial charge in [0.1, 0.15) is 12.2 Å². The molecule has 3 aromatic heterocycles. The quantitative estimate of drug-likeness (QED) is 0.419. The molecular weight excluding hydrogens is 466 g/mol. The molecule has 4 aromatic rings. The van der Waals surface area contributed by atoms with Crippen LogP contribution in [0.15, 0.2) is 67.3 Å². The fraction of sp³-hybridized carbons (Fsp3) is 0.357. The number of anilines is 2. The molecule has 2 fully saturated rings. The van der Waals surface area contributed by atoms with Gasteiger partial charge in [-0.05, 0) is 31.2 Å². The molecule has 1 aromatic carbocycles. The minimum absolute atomic E-state index is 0.123. The molecule has 5 heterocycles. The van der Waals surface area contributed by atoms with Crippen LogP contribution < -0.4 is 9.80 Å². The summed E-state index contributed by atoms with van der Waals surface area (Å²) in [7, 11) is 0. The van der Waals surface area contributed by atoms with Crippen LogP contribution in [0.2, 0.25) is 0 Å². The second-order valence-electron chi connectivity index (χ2n) is 9.64. The smallest absolute Gasteiger partial charge is 0.242 e. The fourth-order valence-corrected chi connectivity index (χ4v) is 5.21. The highest BCUT2D eigenvalue weighted by Gasteiger charge is 2.24. The number of rotatable bonds is 5. The molecule has 2 aliphatic rings. The number of para-hydroxylation sites is 1. The summed E-state index contributed by atoms with van der Waals surface area (Å²) in [5.41, 5.74) is 4.09. The van der Waals surface area contributed by atoms with E-state index >= 15 is 0 Å². The summed E-state index contributed by atoms with van der Waals surface area (Å²) in [6.45, 7) is 7.61. The molecule has 6 rings (SSSR count). The number of hydrogen-bond acceptors (Lipinski definition) is 7. The lowest BCUT2D eigenvalue weighted by molar-refractivity contribution is -0.132. The summed E-state index contributed by atoms with van der Waals surface area (Å²) in [5.74, 6) is 0.867. The van der Waals surface area contributed by atoms with Crippen molar-refractivity contribution in [2.45, 2.75) is 19.6 Å². The van der Waals surface area contributed by atoms with Crippen molar-refractivity contribution >= 4 is 28.6 Å². The highest BCUT2D eigenvalue weighted by atomic mass is 16.5. The van der Waals surface area contributed by atoms with E-state index in [-0.39, 0.29) is 12.0 Å². The van der Waals surface area contributed by atoms with Crippen LogP contribution in [0.3, 0.4) is 0 Å². The molecule has 2 aliphatic heterocycles. The van der Waals surface area contributed by atoms with Crippen molar-refractivity contribution in [3.05, 3.63) is 67.3 Å². The van der Waals surface area contributed by atoms with Crippen molar-refractivity contribution in [1.29, 1.82) is 0 Å². The van der Waals surface area contributed by atoms with Crippen LogP contribution in [0, 0.1) is 0 Å². The summed E-state index contributed by atoms with van der Waals surface area (Å²) in [6.07, 6.45) is 7.71. The standard InChI is InChI=1S/C28H31N7O2/c1-21-19-35(15-16-37-21)28-30-17-23(18-31-28)24-6-2-3-7-25(24)32-11-13-33(14-12-32)26(36)20-34-10-8-22-5-4-9-29-27(22)34/h2-10,17-18,21H,11-16,19-20H2,1H3. The Kier molecular flexibility index (Phi) is 6.44. The van der Waals surface area contributed by atoms with E-state index in [0.29, 0.717) is 26.2 Å². The predicted molar refractivity (Wildman–Crippen MR) is 144 cm³/mol. The molecular formula is C28H31N7O2. The first-order chi connectivity index (χ1) is 18.2. The molecule has 0 N–H and O–H groups in total. The van der Waals surface area contributed by atoms with Crippen LogP contribution in [0.5, 0.6) is 0 Å². The van der Waals surface area contributed by atoms with Crippen molar-refractivity contribution in [3.63, 3.8) is 0 Å². The molecule has 0 aliphatic carbocycles. The number of morpholine rings is 1. The van der Waals surface area contributed by atoms with Crippen molar-refractivity contribution in [2.75, 3.05) is 55.7 Å². The van der Waals surface area contributed by atoms with E-state index in [1.807, 2.05) is 52.3 Å². The average molecular weight is 498 g/mol. The van der Waals surface area contributed by atoms with Gasteiger partial charge in [0.15, 0.2) is 0 Å². The number of piperazine rings is 1. The molecule has 9 heteroatoms. The predicted octanol–water partition coefficient (Wildman–Crippen LogP) is 3.07. The molecule has 0 radical (unpaired) electrons. The van der Waals surface area contributed by atoms with E-state index in [0.717, 1.165) is 60.0 Å². The molecule has 9 nitrogen and oxygen atoms in total. The molecule has 1 atom stereocenters. The normalized spacial score (nSPS) is 18.4. The van der Waals surface area contributed by atoms with Crippen LogP contribution in [0.1, 0.15) is 6.92 Å². The third-order valence-corrected chi connectivity index (χ3v) is 7.18. The summed E-state index contributed by atoms with van der Waals surface area (Å²) in [6, 6.07) is 14.3. The van der Waals surface area contributed by atoms with Crippen molar-refractivity contribution < 1.29 is 9.53 Å². The molecule has 2 saturated heterocycles. The van der Waals surface area contributed by atoms with E-state index < -0.39 is 0 Å². The van der Waals surface area contributed by atoms with Gasteiger partial charge in [-0.2, -0.15) is 0 Å². The van der Waals surface area contributed by atoms with Crippen LogP contribution in [-0.4, -0.2) is 82.3 Å². The van der Waals surface area contributed by atoms with Crippen LogP contribution >= 0.6 is 0 Å². The van der Waals surface area contributed by atoms with Crippen molar-refractivity contribution in [3.8, 4) is 11.1 Å². The average Bonchev–Trinajstić information content (AvgIpc) is 3.36. The number of aromatic nitrogens is 4. The number of hydrogen-bond donors (Lipinski definition) is 0. The molecule has 37 heavy (non-hydrogen) atoms. The number of carbonyl (C=O) groups is 1. The Morgan fingerprint density at radius 1 is 0.946 bits per heavy atom. The number of amides is 1. The zero-order chi connectivity index (χ0) is 25.2. The molecule has 1 amide bonds. The van der Waals surface area contributed by atoms with E-state index in [9.17, 15) is 4.79 Å². The third kappa shape index (κ3) is 4.86. The highest BCUT2D eigenvalue weighted by Crippen LogP contribution is 2.31. The summed E-state index contributed by atoms with van der Waals surface area (Å²) < 4.78 is 7.57. The number of ether oxygens (including phenoxy) is 1. The van der Waals surface area contributed by atoms with Gasteiger partial charge in [0.05, 0.1) is 12.7 Å². The third-order valence-electron chi connectivity index (χ3n) is 7.18. The van der Waals surface area contributed by atoms with Crippen LogP contribution in [-0.2, 0) is 16.1 Å². The maximum atomic E-state index is 13.1. The molecule has 1 unspecified atom stereocenters. The van der Waals surface area contributed by atoms with Gasteiger partial charge >= 0.3 is 0 Å². The van der Waals surface area contributed by atoms with E-state index in [2.05, 4.69) is 49.9 Å². The van der Waals surface area contributed by atoms with Gasteiger partial charge in [-0.1, -0.05) is 18.2 Å². The Morgan fingerprint density at radius 2 is 1.76 bits per heavy atom. The number of pyridine rings is 1. The van der Waals surface area contributed by atoms with Gasteiger partial charge < -0.3 is 24.0 Å². The van der Waals surface area contributed by atoms with Gasteiger partial charge in [0, 0.05) is 86.3 Å². The zero-order valence-corrected chi connectivity index (χ0v) is 21.0. The molecule has 0 bridgehead atoms. The molecule has 190 valence electrons. The second-order valence-corrected chi connectivity index (χ2v) is 9.64. The van der Waals surface area contributed by atoms with Gasteiger partial charge in [0.25, 0.3) is 0 Å². The second kappa shape index (κ2) is 10.2. The van der Waals surface area contributed by atoms with Gasteiger partial charge in [0.2, 0.25) is 11.9 Å². The first-order valence-corrected chi connectivity index (χ1v) is 12.9. The zero-order valence-electron chi connectivity index (χ0n) is 21.0. The first kappa shape index (κ1) is 23.4. The van der Waals surface area contributed by atoms with E-state index in [4.69, 9.17) is 4.74 Å². The number of nitrogens with zero attached hydrogens (tertiary/aromatic N) is 7. The lowest BCUT2D eigenvalue weighted by Crippen LogP contribution is -2.49. The van der Waals surface area contributed by atoms with Crippen LogP contribution in [0.25, 0.3) is 22.2 Å². The Morgan fingerprint density at radius 3 is 2.57 bits per heavy atom. The van der Waals surface area contributed by atoms with Gasteiger partial charge in [-0.15, -0.1) is 0 Å². The van der Waals surface area contributed by atoms with Gasteiger partial charge in [-0.3, -0.25) is 4.79 Å². The topological polar surface area (TPSA) is 79.6 Å². The lowest BCUT2D eigenvalue weighted by atomic mass is 10.1. The number of benzene rings is 1. The van der Waals surface area contributed by atoms with E-state index in [1.54, 1.807) is 6.20 Å². The lowest BCUT2D eigenvalue weighted by Gasteiger charge is -2.37. The SMILES string of the molecule is CC1CN(c2ncc(-c3ccccc3N3CCN(C(=O)Cn4ccc5cccnc54)CC3)cn2)CCO1. The summed E-state index contributed by atoms with van der Waals surface area (Å²) in [5, 5.41) is 1.05. The minimum Gasteiger partial charge on any atom is -0.375 e. The summed E-state index contributed by atoms with van der Waals surface area (Å²) in [4.78, 5) is 33.3. The van der Waals surface area contributed by atoms with Gasteiger partial charge in [-0.25, -0.2) is 15.0 Å². The monoisotopic (exact) mass is 497 g/mol. The minimum atomic E-state index is 0.123. The fourth-order valence-electron chi connectivity index (χ4n) is 5.21. The van der Waals surface area contributed by atoms with Crippen molar-refractivity contribution in [1.82, 2.24) is 24.4 Å². The highest BCUT2D eigenvalue weighted by molar-refractivity contribution is 5.82. The Labute approximate surface area is 216 Å². The maximum absolute atomic E-state index is 13.1. The summed E-state index contributed by atoms with van der Waals surface area (Å²) >= 11 is 0. The number of fused-ring (bicyclic) bond motifs is 1. The largest absolute Gasteiger partial charge is 0.375 e. The first-order valence-electron chi connectivity index (χ1n) is 12.9. The Balaban J connectivity index is 1.12. The Hall–Kier alpha value is -3.98.